The first kappa shape index (κ1) is 16.0. The summed E-state index contributed by atoms with van der Waals surface area (Å²) in [6, 6.07) is 6.37. The van der Waals surface area contributed by atoms with E-state index in [4.69, 9.17) is 5.14 Å². The molecule has 0 saturated heterocycles. The number of halogens is 3. The minimum atomic E-state index is -4.83. The van der Waals surface area contributed by atoms with Crippen LogP contribution in [0.3, 0.4) is 0 Å². The molecule has 1 aromatic carbocycles. The van der Waals surface area contributed by atoms with E-state index in [1.54, 1.807) is 0 Å². The van der Waals surface area contributed by atoms with Gasteiger partial charge in [-0.3, -0.25) is 9.36 Å². The van der Waals surface area contributed by atoms with Gasteiger partial charge in [-0.1, -0.05) is 0 Å². The maximum atomic E-state index is 12.1. The Morgan fingerprint density at radius 1 is 1.05 bits per heavy atom. The lowest BCUT2D eigenvalue weighted by atomic mass is 10.3. The van der Waals surface area contributed by atoms with Crippen molar-refractivity contribution in [1.82, 2.24) is 4.57 Å². The number of aromatic nitrogens is 1. The van der Waals surface area contributed by atoms with E-state index in [2.05, 4.69) is 4.74 Å². The van der Waals surface area contributed by atoms with Crippen molar-refractivity contribution < 1.29 is 26.3 Å². The van der Waals surface area contributed by atoms with E-state index < -0.39 is 27.7 Å². The summed E-state index contributed by atoms with van der Waals surface area (Å²) in [6.45, 7) is 0. The van der Waals surface area contributed by atoms with Gasteiger partial charge in [0, 0.05) is 18.0 Å². The van der Waals surface area contributed by atoms with Gasteiger partial charge in [0.1, 0.15) is 5.75 Å². The van der Waals surface area contributed by atoms with Crippen LogP contribution in [-0.4, -0.2) is 19.3 Å². The molecule has 0 aliphatic heterocycles. The average Bonchev–Trinajstić information content (AvgIpc) is 2.37. The van der Waals surface area contributed by atoms with Crippen LogP contribution >= 0.6 is 0 Å². The number of nitrogens with zero attached hydrogens (tertiary/aromatic N) is 1. The number of hydrogen-bond donors (Lipinski definition) is 1. The van der Waals surface area contributed by atoms with Gasteiger partial charge in [-0.25, -0.2) is 13.6 Å². The molecule has 1 heterocycles. The number of hydrogen-bond acceptors (Lipinski definition) is 4. The molecule has 118 valence electrons. The summed E-state index contributed by atoms with van der Waals surface area (Å²) in [6.07, 6.45) is -3.84. The lowest BCUT2D eigenvalue weighted by molar-refractivity contribution is -0.274. The van der Waals surface area contributed by atoms with Crippen LogP contribution < -0.4 is 15.4 Å². The summed E-state index contributed by atoms with van der Waals surface area (Å²) in [7, 11) is -4.02. The number of benzene rings is 1. The second kappa shape index (κ2) is 5.46. The predicted molar refractivity (Wildman–Crippen MR) is 70.1 cm³/mol. The number of primary sulfonamides is 1. The fourth-order valence-corrected chi connectivity index (χ4v) is 2.16. The van der Waals surface area contributed by atoms with Gasteiger partial charge in [0.15, 0.2) is 0 Å². The second-order valence-electron chi connectivity index (χ2n) is 4.16. The van der Waals surface area contributed by atoms with Crippen LogP contribution in [0, 0.1) is 0 Å². The molecule has 0 atom stereocenters. The lowest BCUT2D eigenvalue weighted by Gasteiger charge is -2.10. The first-order valence-electron chi connectivity index (χ1n) is 5.68. The molecule has 0 radical (unpaired) electrons. The Labute approximate surface area is 122 Å². The van der Waals surface area contributed by atoms with Crippen molar-refractivity contribution in [2.75, 3.05) is 0 Å². The van der Waals surface area contributed by atoms with E-state index in [-0.39, 0.29) is 10.6 Å². The zero-order valence-corrected chi connectivity index (χ0v) is 11.6. The number of pyridine rings is 1. The highest BCUT2D eigenvalue weighted by atomic mass is 32.2. The van der Waals surface area contributed by atoms with Crippen LogP contribution in [0.2, 0.25) is 0 Å². The number of alkyl halides is 3. The summed E-state index contributed by atoms with van der Waals surface area (Å²) in [5, 5.41) is 4.96. The first-order chi connectivity index (χ1) is 10.1. The predicted octanol–water partition coefficient (Wildman–Crippen LogP) is 1.38. The number of sulfonamides is 1. The Morgan fingerprint density at radius 2 is 1.64 bits per heavy atom. The van der Waals surface area contributed by atoms with Crippen molar-refractivity contribution in [1.29, 1.82) is 0 Å². The quantitative estimate of drug-likeness (QED) is 0.918. The second-order valence-corrected chi connectivity index (χ2v) is 5.72. The number of rotatable bonds is 3. The van der Waals surface area contributed by atoms with Crippen LogP contribution in [0.5, 0.6) is 5.75 Å². The van der Waals surface area contributed by atoms with Crippen LogP contribution in [0.15, 0.2) is 52.3 Å². The zero-order chi connectivity index (χ0) is 16.5. The van der Waals surface area contributed by atoms with Crippen LogP contribution in [0.25, 0.3) is 5.69 Å². The Kier molecular flexibility index (Phi) is 3.98. The topological polar surface area (TPSA) is 91.4 Å². The summed E-state index contributed by atoms with van der Waals surface area (Å²) in [4.78, 5) is 11.4. The Morgan fingerprint density at radius 3 is 2.14 bits per heavy atom. The third-order valence-corrected chi connectivity index (χ3v) is 3.46. The summed E-state index contributed by atoms with van der Waals surface area (Å²) in [5.41, 5.74) is -0.415. The number of ether oxygens (including phenoxy) is 1. The average molecular weight is 334 g/mol. The van der Waals surface area contributed by atoms with Gasteiger partial charge in [-0.2, -0.15) is 0 Å². The van der Waals surface area contributed by atoms with Gasteiger partial charge in [0.25, 0.3) is 5.56 Å². The molecule has 2 rings (SSSR count). The Balaban J connectivity index is 2.42. The standard InChI is InChI=1S/C12H9F3N2O4S/c13-12(14,15)21-9-3-1-8(2-4-9)17-7-10(22(16,19)20)5-6-11(17)18/h1-7H,(H2,16,19,20). The van der Waals surface area contributed by atoms with Gasteiger partial charge in [0.05, 0.1) is 4.90 Å². The maximum absolute atomic E-state index is 12.1. The van der Waals surface area contributed by atoms with Crippen LogP contribution in [0.4, 0.5) is 13.2 Å². The van der Waals surface area contributed by atoms with Crippen molar-refractivity contribution in [3.05, 3.63) is 52.9 Å². The van der Waals surface area contributed by atoms with E-state index in [0.29, 0.717) is 0 Å². The van der Waals surface area contributed by atoms with E-state index in [1.807, 2.05) is 0 Å². The molecule has 6 nitrogen and oxygen atoms in total. The van der Waals surface area contributed by atoms with Crippen molar-refractivity contribution in [3.8, 4) is 11.4 Å². The molecule has 10 heteroatoms. The van der Waals surface area contributed by atoms with Gasteiger partial charge < -0.3 is 4.74 Å². The van der Waals surface area contributed by atoms with E-state index >= 15 is 0 Å². The molecule has 0 amide bonds. The molecule has 0 unspecified atom stereocenters. The Hall–Kier alpha value is -2.33. The highest BCUT2D eigenvalue weighted by Gasteiger charge is 2.30. The Bertz CT molecular complexity index is 842. The van der Waals surface area contributed by atoms with Gasteiger partial charge >= 0.3 is 6.36 Å². The smallest absolute Gasteiger partial charge is 0.406 e. The van der Waals surface area contributed by atoms with Crippen LogP contribution in [0.1, 0.15) is 0 Å². The van der Waals surface area contributed by atoms with Crippen molar-refractivity contribution in [2.24, 2.45) is 5.14 Å². The fraction of sp³-hybridized carbons (Fsp3) is 0.0833. The summed E-state index contributed by atoms with van der Waals surface area (Å²) >= 11 is 0. The fourth-order valence-electron chi connectivity index (χ4n) is 1.65. The third-order valence-electron chi connectivity index (χ3n) is 2.56. The lowest BCUT2D eigenvalue weighted by Crippen LogP contribution is -2.21. The van der Waals surface area contributed by atoms with Gasteiger partial charge in [-0.15, -0.1) is 13.2 Å². The normalized spacial score (nSPS) is 12.2. The van der Waals surface area contributed by atoms with E-state index in [9.17, 15) is 26.4 Å². The molecular formula is C12H9F3N2O4S. The monoisotopic (exact) mass is 334 g/mol. The molecule has 0 saturated carbocycles. The first-order valence-corrected chi connectivity index (χ1v) is 7.22. The molecule has 0 fully saturated rings. The third kappa shape index (κ3) is 3.86. The molecule has 1 aromatic heterocycles. The molecule has 22 heavy (non-hydrogen) atoms. The molecule has 0 bridgehead atoms. The molecule has 0 aliphatic rings. The summed E-state index contributed by atoms with van der Waals surface area (Å²) < 4.78 is 63.3. The van der Waals surface area contributed by atoms with Crippen molar-refractivity contribution in [3.63, 3.8) is 0 Å². The van der Waals surface area contributed by atoms with Crippen molar-refractivity contribution >= 4 is 10.0 Å². The van der Waals surface area contributed by atoms with Crippen LogP contribution in [-0.2, 0) is 10.0 Å². The maximum Gasteiger partial charge on any atom is 0.573 e. The minimum Gasteiger partial charge on any atom is -0.406 e. The SMILES string of the molecule is NS(=O)(=O)c1ccc(=O)n(-c2ccc(OC(F)(F)F)cc2)c1. The zero-order valence-electron chi connectivity index (χ0n) is 10.7. The summed E-state index contributed by atoms with van der Waals surface area (Å²) in [5.74, 6) is -0.466. The van der Waals surface area contributed by atoms with E-state index in [1.165, 1.54) is 12.1 Å². The van der Waals surface area contributed by atoms with Gasteiger partial charge in [-0.05, 0) is 30.3 Å². The highest BCUT2D eigenvalue weighted by Crippen LogP contribution is 2.23. The highest BCUT2D eigenvalue weighted by molar-refractivity contribution is 7.89. The largest absolute Gasteiger partial charge is 0.573 e. The van der Waals surface area contributed by atoms with Crippen molar-refractivity contribution in [2.45, 2.75) is 11.3 Å². The van der Waals surface area contributed by atoms with E-state index in [0.717, 1.165) is 35.0 Å². The molecule has 2 aromatic rings. The van der Waals surface area contributed by atoms with Gasteiger partial charge in [0.2, 0.25) is 10.0 Å². The number of nitrogens with two attached hydrogens (primary N) is 1. The molecule has 2 N–H and O–H groups in total. The molecule has 0 aliphatic carbocycles. The molecular weight excluding hydrogens is 325 g/mol. The minimum absolute atomic E-state index is 0.157. The molecule has 0 spiro atoms.